The first-order valence-electron chi connectivity index (χ1n) is 13.3. The van der Waals surface area contributed by atoms with Crippen LogP contribution in [0.15, 0.2) is 54.6 Å². The fourth-order valence-electron chi connectivity index (χ4n) is 6.72. The smallest absolute Gasteiger partial charge is 0.250 e. The predicted molar refractivity (Wildman–Crippen MR) is 143 cm³/mol. The number of fused-ring (bicyclic) bond motifs is 1. The van der Waals surface area contributed by atoms with E-state index in [4.69, 9.17) is 16.3 Å². The van der Waals surface area contributed by atoms with Gasteiger partial charge in [-0.3, -0.25) is 14.4 Å². The van der Waals surface area contributed by atoms with Crippen molar-refractivity contribution in [1.82, 2.24) is 10.2 Å². The molecule has 3 heterocycles. The van der Waals surface area contributed by atoms with E-state index in [-0.39, 0.29) is 18.4 Å². The van der Waals surface area contributed by atoms with Gasteiger partial charge in [-0.2, -0.15) is 0 Å². The molecule has 2 aromatic carbocycles. The Morgan fingerprint density at radius 1 is 1.13 bits per heavy atom. The molecule has 3 amide bonds. The summed E-state index contributed by atoms with van der Waals surface area (Å²) >= 11 is 6.34. The zero-order valence-corrected chi connectivity index (χ0v) is 22.4. The van der Waals surface area contributed by atoms with Crippen LogP contribution >= 0.6 is 11.6 Å². The highest BCUT2D eigenvalue weighted by molar-refractivity contribution is 6.33. The van der Waals surface area contributed by atoms with E-state index in [9.17, 15) is 19.5 Å². The minimum Gasteiger partial charge on any atom is -0.394 e. The van der Waals surface area contributed by atoms with Gasteiger partial charge >= 0.3 is 0 Å². The molecule has 2 unspecified atom stereocenters. The largest absolute Gasteiger partial charge is 0.394 e. The molecule has 0 radical (unpaired) electrons. The quantitative estimate of drug-likeness (QED) is 0.453. The number of anilines is 1. The lowest BCUT2D eigenvalue weighted by molar-refractivity contribution is -0.147. The number of carbonyl (C=O) groups excluding carboxylic acids is 3. The molecule has 3 aliphatic heterocycles. The lowest BCUT2D eigenvalue weighted by atomic mass is 9.66. The summed E-state index contributed by atoms with van der Waals surface area (Å²) < 4.78 is 6.63. The molecule has 3 N–H and O–H groups in total. The van der Waals surface area contributed by atoms with E-state index in [2.05, 4.69) is 10.6 Å². The number of aliphatic hydroxyl groups is 1. The van der Waals surface area contributed by atoms with Crippen LogP contribution in [-0.2, 0) is 25.5 Å². The molecule has 0 aromatic heterocycles. The molecule has 9 heteroatoms. The van der Waals surface area contributed by atoms with Crippen molar-refractivity contribution in [2.75, 3.05) is 18.5 Å². The van der Waals surface area contributed by atoms with Gasteiger partial charge in [0.25, 0.3) is 0 Å². The maximum atomic E-state index is 14.3. The van der Waals surface area contributed by atoms with Gasteiger partial charge in [-0.1, -0.05) is 61.0 Å². The summed E-state index contributed by atoms with van der Waals surface area (Å²) in [6.45, 7) is 3.98. The number of halogens is 1. The number of benzene rings is 2. The maximum absolute atomic E-state index is 14.3. The van der Waals surface area contributed by atoms with Gasteiger partial charge in [-0.25, -0.2) is 0 Å². The van der Waals surface area contributed by atoms with E-state index in [0.29, 0.717) is 36.5 Å². The molecule has 3 saturated heterocycles. The van der Waals surface area contributed by atoms with E-state index < -0.39 is 41.0 Å². The number of likely N-dealkylation sites (tertiary alicyclic amines) is 1. The zero-order valence-electron chi connectivity index (χ0n) is 21.7. The second kappa shape index (κ2) is 10.3. The number of para-hydroxylation sites is 1. The summed E-state index contributed by atoms with van der Waals surface area (Å²) in [4.78, 5) is 43.2. The molecule has 3 fully saturated rings. The molecule has 1 spiro atoms. The lowest BCUT2D eigenvalue weighted by Gasteiger charge is -2.37. The highest BCUT2D eigenvalue weighted by Crippen LogP contribution is 2.63. The Balaban J connectivity index is 1.56. The van der Waals surface area contributed by atoms with Crippen LogP contribution < -0.4 is 10.6 Å². The van der Waals surface area contributed by atoms with E-state index in [1.165, 1.54) is 4.90 Å². The van der Waals surface area contributed by atoms with Crippen molar-refractivity contribution in [3.63, 3.8) is 0 Å². The average Bonchev–Trinajstić information content (AvgIpc) is 3.48. The molecule has 6 atom stereocenters. The number of hydrogen-bond acceptors (Lipinski definition) is 5. The Kier molecular flexibility index (Phi) is 7.24. The van der Waals surface area contributed by atoms with E-state index >= 15 is 0 Å². The summed E-state index contributed by atoms with van der Waals surface area (Å²) in [5, 5.41) is 16.7. The third-order valence-corrected chi connectivity index (χ3v) is 8.67. The third kappa shape index (κ3) is 4.28. The monoisotopic (exact) mass is 539 g/mol. The summed E-state index contributed by atoms with van der Waals surface area (Å²) in [6, 6.07) is 14.7. The predicted octanol–water partition coefficient (Wildman–Crippen LogP) is 3.17. The first-order valence-corrected chi connectivity index (χ1v) is 13.6. The molecular weight excluding hydrogens is 506 g/mol. The fourth-order valence-corrected chi connectivity index (χ4v) is 6.90. The van der Waals surface area contributed by atoms with Crippen LogP contribution in [0.4, 0.5) is 5.69 Å². The Bertz CT molecular complexity index is 1230. The highest BCUT2D eigenvalue weighted by atomic mass is 35.5. The number of aliphatic hydroxyl groups excluding tert-OH is 1. The molecule has 202 valence electrons. The molecule has 0 saturated carbocycles. The van der Waals surface area contributed by atoms with E-state index in [1.54, 1.807) is 24.3 Å². The number of nitrogens with one attached hydrogen (secondary N) is 2. The number of amides is 3. The van der Waals surface area contributed by atoms with Crippen molar-refractivity contribution in [1.29, 1.82) is 0 Å². The van der Waals surface area contributed by atoms with Crippen molar-refractivity contribution in [2.24, 2.45) is 11.8 Å². The summed E-state index contributed by atoms with van der Waals surface area (Å²) in [5.41, 5.74) is -0.698. The second-order valence-corrected chi connectivity index (χ2v) is 11.2. The minimum absolute atomic E-state index is 0.231. The number of carbonyl (C=O) groups is 3. The summed E-state index contributed by atoms with van der Waals surface area (Å²) in [7, 11) is 0. The Morgan fingerprint density at radius 3 is 2.53 bits per heavy atom. The normalized spacial score (nSPS) is 30.3. The standard InChI is InChI=1S/C29H34ClN3O5/c1-3-15-31-25(35)22-23-27(37)33(19(17-34)16-18-9-5-4-6-10-18)24(29(23)14-13-28(22,2)38-29)26(36)32-21-12-8-7-11-20(21)30/h4-12,19,22-24,34H,3,13-17H2,1-2H3,(H,31,35)(H,32,36)/t19-,22-,23+,24?,28+,29?/m1/s1. The molecule has 2 bridgehead atoms. The van der Waals surface area contributed by atoms with Gasteiger partial charge < -0.3 is 25.4 Å². The van der Waals surface area contributed by atoms with Gasteiger partial charge in [-0.05, 0) is 50.3 Å². The van der Waals surface area contributed by atoms with Gasteiger partial charge in [0, 0.05) is 6.54 Å². The van der Waals surface area contributed by atoms with Crippen LogP contribution in [0.2, 0.25) is 5.02 Å². The van der Waals surface area contributed by atoms with Crippen molar-refractivity contribution in [3.05, 3.63) is 65.2 Å². The number of hydrogen-bond donors (Lipinski definition) is 3. The molecule has 3 aliphatic rings. The van der Waals surface area contributed by atoms with E-state index in [0.717, 1.165) is 12.0 Å². The van der Waals surface area contributed by atoms with Crippen LogP contribution in [0.5, 0.6) is 0 Å². The van der Waals surface area contributed by atoms with Gasteiger partial charge in [-0.15, -0.1) is 0 Å². The van der Waals surface area contributed by atoms with Crippen LogP contribution in [0.25, 0.3) is 0 Å². The molecule has 5 rings (SSSR count). The molecule has 0 aliphatic carbocycles. The molecule has 8 nitrogen and oxygen atoms in total. The molecular formula is C29H34ClN3O5. The van der Waals surface area contributed by atoms with Gasteiger partial charge in [0.2, 0.25) is 17.7 Å². The Hall–Kier alpha value is -2.94. The average molecular weight is 540 g/mol. The maximum Gasteiger partial charge on any atom is 0.250 e. The first kappa shape index (κ1) is 26.7. The second-order valence-electron chi connectivity index (χ2n) is 10.8. The minimum atomic E-state index is -1.19. The summed E-state index contributed by atoms with van der Waals surface area (Å²) in [5.74, 6) is -2.57. The van der Waals surface area contributed by atoms with Crippen LogP contribution in [0.1, 0.15) is 38.7 Å². The van der Waals surface area contributed by atoms with Gasteiger partial charge in [0.1, 0.15) is 11.6 Å². The van der Waals surface area contributed by atoms with Crippen LogP contribution in [0, 0.1) is 11.8 Å². The Labute approximate surface area is 227 Å². The Morgan fingerprint density at radius 2 is 1.84 bits per heavy atom. The molecule has 38 heavy (non-hydrogen) atoms. The van der Waals surface area contributed by atoms with E-state index in [1.807, 2.05) is 44.2 Å². The van der Waals surface area contributed by atoms with Crippen molar-refractivity contribution in [3.8, 4) is 0 Å². The summed E-state index contributed by atoms with van der Waals surface area (Å²) in [6.07, 6.45) is 2.12. The van der Waals surface area contributed by atoms with Gasteiger partial charge in [0.15, 0.2) is 0 Å². The van der Waals surface area contributed by atoms with Crippen LogP contribution in [0.3, 0.4) is 0 Å². The third-order valence-electron chi connectivity index (χ3n) is 8.34. The first-order chi connectivity index (χ1) is 18.3. The fraction of sp³-hybridized carbons (Fsp3) is 0.483. The lowest BCUT2D eigenvalue weighted by Crippen LogP contribution is -2.57. The topological polar surface area (TPSA) is 108 Å². The van der Waals surface area contributed by atoms with Crippen LogP contribution in [-0.4, -0.2) is 64.2 Å². The van der Waals surface area contributed by atoms with Gasteiger partial charge in [0.05, 0.1) is 40.8 Å². The number of ether oxygens (including phenoxy) is 1. The van der Waals surface area contributed by atoms with Crippen molar-refractivity contribution in [2.45, 2.75) is 62.8 Å². The SMILES string of the molecule is CCCNC(=O)[C@H]1[C@H]2C(=O)N([C@@H](CO)Cc3ccccc3)C(C(=O)Nc3ccccc3Cl)C23CC[C@]1(C)O3. The van der Waals surface area contributed by atoms with Crippen molar-refractivity contribution >= 4 is 35.0 Å². The van der Waals surface area contributed by atoms with Crippen molar-refractivity contribution < 1.29 is 24.2 Å². The highest BCUT2D eigenvalue weighted by Gasteiger charge is 2.78. The number of nitrogens with zero attached hydrogens (tertiary/aromatic N) is 1. The molecule has 2 aromatic rings. The zero-order chi connectivity index (χ0) is 27.1. The number of rotatable bonds is 9.